The van der Waals surface area contributed by atoms with E-state index in [1.54, 1.807) is 6.33 Å². The van der Waals surface area contributed by atoms with Crippen LogP contribution in [-0.4, -0.2) is 41.1 Å². The van der Waals surface area contributed by atoms with Gasteiger partial charge in [-0.1, -0.05) is 18.2 Å². The Morgan fingerprint density at radius 2 is 1.62 bits per heavy atom. The first-order valence-electron chi connectivity index (χ1n) is 7.25. The van der Waals surface area contributed by atoms with Gasteiger partial charge in [0.25, 0.3) is 0 Å². The molecule has 0 atom stereocenters. The number of para-hydroxylation sites is 1. The topological polar surface area (TPSA) is 48.1 Å². The number of aromatic amines is 1. The SMILES string of the molecule is c1ccc(N2CCN(c3ncnc4[nH]ccc34)CC2)cc1. The number of anilines is 2. The van der Waals surface area contributed by atoms with E-state index in [-0.39, 0.29) is 0 Å². The average Bonchev–Trinajstić information content (AvgIpc) is 3.04. The van der Waals surface area contributed by atoms with Gasteiger partial charge >= 0.3 is 0 Å². The normalized spacial score (nSPS) is 15.6. The Morgan fingerprint density at radius 3 is 2.43 bits per heavy atom. The van der Waals surface area contributed by atoms with Crippen LogP contribution in [0, 0.1) is 0 Å². The molecule has 5 nitrogen and oxygen atoms in total. The summed E-state index contributed by atoms with van der Waals surface area (Å²) in [6.07, 6.45) is 3.56. The number of rotatable bonds is 2. The van der Waals surface area contributed by atoms with Crippen LogP contribution >= 0.6 is 0 Å². The van der Waals surface area contributed by atoms with Gasteiger partial charge < -0.3 is 14.8 Å². The summed E-state index contributed by atoms with van der Waals surface area (Å²) in [5.74, 6) is 1.04. The maximum Gasteiger partial charge on any atom is 0.142 e. The summed E-state index contributed by atoms with van der Waals surface area (Å²) < 4.78 is 0. The van der Waals surface area contributed by atoms with Gasteiger partial charge in [-0.15, -0.1) is 0 Å². The summed E-state index contributed by atoms with van der Waals surface area (Å²) in [5, 5.41) is 1.10. The van der Waals surface area contributed by atoms with Gasteiger partial charge in [0.15, 0.2) is 0 Å². The summed E-state index contributed by atoms with van der Waals surface area (Å²) in [6, 6.07) is 12.6. The van der Waals surface area contributed by atoms with Crippen molar-refractivity contribution in [2.75, 3.05) is 36.0 Å². The molecule has 4 rings (SSSR count). The van der Waals surface area contributed by atoms with Gasteiger partial charge in [0.1, 0.15) is 17.8 Å². The highest BCUT2D eigenvalue weighted by atomic mass is 15.3. The van der Waals surface area contributed by atoms with Crippen LogP contribution in [0.1, 0.15) is 0 Å². The molecule has 1 aromatic carbocycles. The van der Waals surface area contributed by atoms with Crippen molar-refractivity contribution in [1.82, 2.24) is 15.0 Å². The van der Waals surface area contributed by atoms with Gasteiger partial charge in [0, 0.05) is 38.1 Å². The Hall–Kier alpha value is -2.56. The molecule has 0 radical (unpaired) electrons. The predicted molar refractivity (Wildman–Crippen MR) is 84.8 cm³/mol. The van der Waals surface area contributed by atoms with E-state index in [4.69, 9.17) is 0 Å². The van der Waals surface area contributed by atoms with E-state index in [1.165, 1.54) is 5.69 Å². The summed E-state index contributed by atoms with van der Waals surface area (Å²) in [4.78, 5) is 16.6. The number of fused-ring (bicyclic) bond motifs is 1. The lowest BCUT2D eigenvalue weighted by atomic mass is 10.2. The van der Waals surface area contributed by atoms with Crippen molar-refractivity contribution in [3.05, 3.63) is 48.9 Å². The van der Waals surface area contributed by atoms with Crippen LogP contribution in [0.15, 0.2) is 48.9 Å². The smallest absolute Gasteiger partial charge is 0.142 e. The van der Waals surface area contributed by atoms with Crippen LogP contribution in [-0.2, 0) is 0 Å². The number of piperazine rings is 1. The zero-order valence-electron chi connectivity index (χ0n) is 11.7. The Kier molecular flexibility index (Phi) is 2.96. The van der Waals surface area contributed by atoms with Crippen LogP contribution in [0.2, 0.25) is 0 Å². The summed E-state index contributed by atoms with van der Waals surface area (Å²) in [6.45, 7) is 3.98. The number of nitrogens with zero attached hydrogens (tertiary/aromatic N) is 4. The van der Waals surface area contributed by atoms with Crippen molar-refractivity contribution in [2.45, 2.75) is 0 Å². The third-order valence-electron chi connectivity index (χ3n) is 4.03. The molecule has 106 valence electrons. The van der Waals surface area contributed by atoms with E-state index >= 15 is 0 Å². The summed E-state index contributed by atoms with van der Waals surface area (Å²) >= 11 is 0. The van der Waals surface area contributed by atoms with Crippen LogP contribution in [0.5, 0.6) is 0 Å². The van der Waals surface area contributed by atoms with Crippen LogP contribution in [0.25, 0.3) is 11.0 Å². The number of benzene rings is 1. The molecule has 0 aliphatic carbocycles. The predicted octanol–water partition coefficient (Wildman–Crippen LogP) is 2.28. The first-order chi connectivity index (χ1) is 10.4. The van der Waals surface area contributed by atoms with E-state index in [1.807, 2.05) is 12.3 Å². The number of H-pyrrole nitrogens is 1. The fourth-order valence-corrected chi connectivity index (χ4v) is 2.93. The molecule has 1 N–H and O–H groups in total. The fraction of sp³-hybridized carbons (Fsp3) is 0.250. The van der Waals surface area contributed by atoms with Crippen molar-refractivity contribution in [3.63, 3.8) is 0 Å². The van der Waals surface area contributed by atoms with Crippen molar-refractivity contribution >= 4 is 22.5 Å². The molecule has 0 bridgehead atoms. The maximum atomic E-state index is 4.48. The van der Waals surface area contributed by atoms with Gasteiger partial charge in [0.2, 0.25) is 0 Å². The Bertz CT molecular complexity index is 729. The van der Waals surface area contributed by atoms with E-state index < -0.39 is 0 Å². The van der Waals surface area contributed by atoms with Gasteiger partial charge in [-0.25, -0.2) is 9.97 Å². The molecule has 2 aromatic heterocycles. The third-order valence-corrected chi connectivity index (χ3v) is 4.03. The molecule has 1 aliphatic rings. The minimum Gasteiger partial charge on any atom is -0.368 e. The number of hydrogen-bond donors (Lipinski definition) is 1. The standard InChI is InChI=1S/C16H17N5/c1-2-4-13(5-3-1)20-8-10-21(11-9-20)16-14-6-7-17-15(14)18-12-19-16/h1-7,12H,8-11H2,(H,17,18,19). The summed E-state index contributed by atoms with van der Waals surface area (Å²) in [7, 11) is 0. The molecule has 21 heavy (non-hydrogen) atoms. The zero-order valence-corrected chi connectivity index (χ0v) is 11.7. The Morgan fingerprint density at radius 1 is 0.857 bits per heavy atom. The van der Waals surface area contributed by atoms with E-state index in [2.05, 4.69) is 55.1 Å². The molecule has 3 heterocycles. The largest absolute Gasteiger partial charge is 0.368 e. The van der Waals surface area contributed by atoms with Gasteiger partial charge in [0.05, 0.1) is 5.39 Å². The van der Waals surface area contributed by atoms with Gasteiger partial charge in [-0.3, -0.25) is 0 Å². The lowest BCUT2D eigenvalue weighted by Gasteiger charge is -2.36. The lowest BCUT2D eigenvalue weighted by molar-refractivity contribution is 0.649. The zero-order chi connectivity index (χ0) is 14.1. The van der Waals surface area contributed by atoms with Gasteiger partial charge in [-0.05, 0) is 18.2 Å². The molecule has 0 unspecified atom stereocenters. The number of aromatic nitrogens is 3. The molecule has 0 amide bonds. The van der Waals surface area contributed by atoms with Gasteiger partial charge in [-0.2, -0.15) is 0 Å². The first kappa shape index (κ1) is 12.2. The van der Waals surface area contributed by atoms with Crippen molar-refractivity contribution in [2.24, 2.45) is 0 Å². The van der Waals surface area contributed by atoms with Crippen LogP contribution in [0.3, 0.4) is 0 Å². The van der Waals surface area contributed by atoms with E-state index in [9.17, 15) is 0 Å². The van der Waals surface area contributed by atoms with Crippen LogP contribution < -0.4 is 9.80 Å². The second-order valence-corrected chi connectivity index (χ2v) is 5.25. The molecule has 1 aliphatic heterocycles. The van der Waals surface area contributed by atoms with Crippen molar-refractivity contribution < 1.29 is 0 Å². The monoisotopic (exact) mass is 279 g/mol. The first-order valence-corrected chi connectivity index (χ1v) is 7.25. The molecular formula is C16H17N5. The molecule has 0 spiro atoms. The molecule has 3 aromatic rings. The highest BCUT2D eigenvalue weighted by molar-refractivity contribution is 5.87. The number of nitrogens with one attached hydrogen (secondary N) is 1. The van der Waals surface area contributed by atoms with Crippen molar-refractivity contribution in [1.29, 1.82) is 0 Å². The quantitative estimate of drug-likeness (QED) is 0.782. The summed E-state index contributed by atoms with van der Waals surface area (Å²) in [5.41, 5.74) is 2.21. The number of hydrogen-bond acceptors (Lipinski definition) is 4. The second-order valence-electron chi connectivity index (χ2n) is 5.25. The third kappa shape index (κ3) is 2.20. The van der Waals surface area contributed by atoms with E-state index in [0.717, 1.165) is 43.0 Å². The maximum absolute atomic E-state index is 4.48. The molecule has 1 fully saturated rings. The fourth-order valence-electron chi connectivity index (χ4n) is 2.93. The average molecular weight is 279 g/mol. The lowest BCUT2D eigenvalue weighted by Crippen LogP contribution is -2.46. The molecule has 5 heteroatoms. The second kappa shape index (κ2) is 5.09. The minimum atomic E-state index is 0.908. The highest BCUT2D eigenvalue weighted by Gasteiger charge is 2.20. The van der Waals surface area contributed by atoms with E-state index in [0.29, 0.717) is 0 Å². The Labute approximate surface area is 123 Å². The highest BCUT2D eigenvalue weighted by Crippen LogP contribution is 2.24. The van der Waals surface area contributed by atoms with Crippen molar-refractivity contribution in [3.8, 4) is 0 Å². The molecule has 1 saturated heterocycles. The Balaban J connectivity index is 1.54. The van der Waals surface area contributed by atoms with Crippen LogP contribution in [0.4, 0.5) is 11.5 Å². The molecule has 0 saturated carbocycles. The molecular weight excluding hydrogens is 262 g/mol. The minimum absolute atomic E-state index is 0.908.